The Morgan fingerprint density at radius 2 is 2.44 bits per heavy atom. The molecule has 5 nitrogen and oxygen atoms in total. The molecule has 2 aromatic rings. The van der Waals surface area contributed by atoms with Crippen LogP contribution in [0.4, 0.5) is 6.01 Å². The van der Waals surface area contributed by atoms with Gasteiger partial charge in [0, 0.05) is 11.4 Å². The van der Waals surface area contributed by atoms with Crippen LogP contribution in [0.1, 0.15) is 23.7 Å². The van der Waals surface area contributed by atoms with Crippen molar-refractivity contribution in [3.63, 3.8) is 0 Å². The van der Waals surface area contributed by atoms with Crippen molar-refractivity contribution in [1.82, 2.24) is 10.2 Å². The number of thiophene rings is 1. The van der Waals surface area contributed by atoms with Gasteiger partial charge in [-0.3, -0.25) is 0 Å². The summed E-state index contributed by atoms with van der Waals surface area (Å²) in [6.07, 6.45) is 0.952. The molecule has 1 atom stereocenters. The number of nitrogens with zero attached hydrogens (tertiary/aromatic N) is 2. The van der Waals surface area contributed by atoms with Gasteiger partial charge in [0.25, 0.3) is 0 Å². The predicted octanol–water partition coefficient (Wildman–Crippen LogP) is 1.81. The lowest BCUT2D eigenvalue weighted by Crippen LogP contribution is -2.05. The van der Waals surface area contributed by atoms with Gasteiger partial charge in [0.2, 0.25) is 5.89 Å². The molecule has 0 aromatic carbocycles. The van der Waals surface area contributed by atoms with Crippen LogP contribution in [-0.4, -0.2) is 16.7 Å². The third-order valence-electron chi connectivity index (χ3n) is 2.06. The first-order valence-electron chi connectivity index (χ1n) is 5.11. The molecule has 0 aliphatic rings. The third-order valence-corrected chi connectivity index (χ3v) is 2.99. The standard InChI is InChI=1S/C10H14N4OS/c1-7(11)9-13-14-10(15-9)12-5-4-8-3-2-6-16-8/h2-3,6-7H,4-5,11H2,1H3,(H,12,14). The lowest BCUT2D eigenvalue weighted by molar-refractivity contribution is 0.473. The van der Waals surface area contributed by atoms with Crippen molar-refractivity contribution in [3.8, 4) is 0 Å². The average Bonchev–Trinajstić information content (AvgIpc) is 2.87. The van der Waals surface area contributed by atoms with E-state index in [2.05, 4.69) is 27.0 Å². The molecule has 6 heteroatoms. The molecule has 0 aliphatic carbocycles. The van der Waals surface area contributed by atoms with Crippen LogP contribution in [0.15, 0.2) is 21.9 Å². The van der Waals surface area contributed by atoms with E-state index in [0.29, 0.717) is 11.9 Å². The summed E-state index contributed by atoms with van der Waals surface area (Å²) in [6, 6.07) is 4.36. The molecule has 0 aliphatic heterocycles. The maximum atomic E-state index is 5.61. The van der Waals surface area contributed by atoms with Crippen molar-refractivity contribution in [1.29, 1.82) is 0 Å². The highest BCUT2D eigenvalue weighted by Crippen LogP contribution is 2.12. The van der Waals surface area contributed by atoms with Crippen LogP contribution < -0.4 is 11.1 Å². The molecule has 0 bridgehead atoms. The average molecular weight is 238 g/mol. The summed E-state index contributed by atoms with van der Waals surface area (Å²) in [5, 5.41) is 12.8. The SMILES string of the molecule is CC(N)c1nnc(NCCc2cccs2)o1. The third kappa shape index (κ3) is 2.80. The number of rotatable bonds is 5. The summed E-state index contributed by atoms with van der Waals surface area (Å²) in [4.78, 5) is 1.33. The zero-order valence-corrected chi connectivity index (χ0v) is 9.83. The van der Waals surface area contributed by atoms with Gasteiger partial charge in [0.15, 0.2) is 0 Å². The first-order chi connectivity index (χ1) is 7.75. The zero-order valence-electron chi connectivity index (χ0n) is 9.01. The van der Waals surface area contributed by atoms with Gasteiger partial charge in [-0.2, -0.15) is 0 Å². The van der Waals surface area contributed by atoms with Crippen molar-refractivity contribution in [2.75, 3.05) is 11.9 Å². The molecule has 0 radical (unpaired) electrons. The maximum Gasteiger partial charge on any atom is 0.315 e. The zero-order chi connectivity index (χ0) is 11.4. The number of hydrogen-bond acceptors (Lipinski definition) is 6. The number of anilines is 1. The van der Waals surface area contributed by atoms with Crippen molar-refractivity contribution < 1.29 is 4.42 Å². The van der Waals surface area contributed by atoms with Crippen LogP contribution >= 0.6 is 11.3 Å². The minimum atomic E-state index is -0.222. The van der Waals surface area contributed by atoms with Gasteiger partial charge in [0.05, 0.1) is 6.04 Å². The molecule has 0 amide bonds. The quantitative estimate of drug-likeness (QED) is 0.830. The molecule has 2 aromatic heterocycles. The highest BCUT2D eigenvalue weighted by molar-refractivity contribution is 7.09. The Morgan fingerprint density at radius 1 is 1.56 bits per heavy atom. The number of nitrogens with two attached hydrogens (primary N) is 1. The number of aromatic nitrogens is 2. The van der Waals surface area contributed by atoms with E-state index in [1.807, 2.05) is 13.0 Å². The molecular formula is C10H14N4OS. The fourth-order valence-corrected chi connectivity index (χ4v) is 1.95. The van der Waals surface area contributed by atoms with Crippen LogP contribution in [0.5, 0.6) is 0 Å². The monoisotopic (exact) mass is 238 g/mol. The van der Waals surface area contributed by atoms with E-state index in [1.165, 1.54) is 4.88 Å². The molecule has 1 unspecified atom stereocenters. The van der Waals surface area contributed by atoms with Crippen molar-refractivity contribution in [3.05, 3.63) is 28.3 Å². The summed E-state index contributed by atoms with van der Waals surface area (Å²) in [6.45, 7) is 2.59. The fourth-order valence-electron chi connectivity index (χ4n) is 1.24. The molecule has 2 rings (SSSR count). The molecule has 0 fully saturated rings. The van der Waals surface area contributed by atoms with Gasteiger partial charge in [-0.25, -0.2) is 0 Å². The summed E-state index contributed by atoms with van der Waals surface area (Å²) in [5.74, 6) is 0.457. The highest BCUT2D eigenvalue weighted by Gasteiger charge is 2.08. The molecule has 0 saturated carbocycles. The summed E-state index contributed by atoms with van der Waals surface area (Å²) < 4.78 is 5.31. The van der Waals surface area contributed by atoms with Crippen LogP contribution in [0.3, 0.4) is 0 Å². The Balaban J connectivity index is 1.81. The number of hydrogen-bond donors (Lipinski definition) is 2. The lowest BCUT2D eigenvalue weighted by atomic mass is 10.3. The Bertz CT molecular complexity index is 424. The van der Waals surface area contributed by atoms with Crippen molar-refractivity contribution in [2.45, 2.75) is 19.4 Å². The second-order valence-electron chi connectivity index (χ2n) is 3.49. The Labute approximate surface area is 97.7 Å². The molecule has 3 N–H and O–H groups in total. The van der Waals surface area contributed by atoms with Crippen molar-refractivity contribution >= 4 is 17.4 Å². The first kappa shape index (κ1) is 11.1. The van der Waals surface area contributed by atoms with E-state index in [9.17, 15) is 0 Å². The summed E-state index contributed by atoms with van der Waals surface area (Å²) in [7, 11) is 0. The smallest absolute Gasteiger partial charge is 0.315 e. The maximum absolute atomic E-state index is 5.61. The van der Waals surface area contributed by atoms with Crippen LogP contribution in [-0.2, 0) is 6.42 Å². The molecule has 86 valence electrons. The van der Waals surface area contributed by atoms with E-state index in [0.717, 1.165) is 13.0 Å². The normalized spacial score (nSPS) is 12.6. The Hall–Kier alpha value is -1.40. The summed E-state index contributed by atoms with van der Waals surface area (Å²) in [5.41, 5.74) is 5.61. The number of nitrogens with one attached hydrogen (secondary N) is 1. The first-order valence-corrected chi connectivity index (χ1v) is 5.99. The topological polar surface area (TPSA) is 77.0 Å². The fraction of sp³-hybridized carbons (Fsp3) is 0.400. The van der Waals surface area contributed by atoms with Crippen LogP contribution in [0.25, 0.3) is 0 Å². The van der Waals surface area contributed by atoms with Gasteiger partial charge in [0.1, 0.15) is 0 Å². The van der Waals surface area contributed by atoms with Gasteiger partial charge in [-0.15, -0.1) is 16.4 Å². The van der Waals surface area contributed by atoms with E-state index >= 15 is 0 Å². The highest BCUT2D eigenvalue weighted by atomic mass is 32.1. The van der Waals surface area contributed by atoms with Gasteiger partial charge in [-0.05, 0) is 24.8 Å². The van der Waals surface area contributed by atoms with E-state index < -0.39 is 0 Å². The lowest BCUT2D eigenvalue weighted by Gasteiger charge is -1.99. The molecule has 0 saturated heterocycles. The van der Waals surface area contributed by atoms with Gasteiger partial charge in [-0.1, -0.05) is 11.2 Å². The minimum Gasteiger partial charge on any atom is -0.406 e. The minimum absolute atomic E-state index is 0.222. The second kappa shape index (κ2) is 5.09. The van der Waals surface area contributed by atoms with E-state index in [-0.39, 0.29) is 6.04 Å². The van der Waals surface area contributed by atoms with Gasteiger partial charge < -0.3 is 15.5 Å². The second-order valence-corrected chi connectivity index (χ2v) is 4.52. The van der Waals surface area contributed by atoms with E-state index in [1.54, 1.807) is 11.3 Å². The molecule has 0 spiro atoms. The van der Waals surface area contributed by atoms with Crippen molar-refractivity contribution in [2.24, 2.45) is 5.73 Å². The van der Waals surface area contributed by atoms with E-state index in [4.69, 9.17) is 10.2 Å². The van der Waals surface area contributed by atoms with Crippen LogP contribution in [0, 0.1) is 0 Å². The Kier molecular flexibility index (Phi) is 3.53. The molecule has 2 heterocycles. The molecule has 16 heavy (non-hydrogen) atoms. The predicted molar refractivity (Wildman–Crippen MR) is 63.4 cm³/mol. The largest absolute Gasteiger partial charge is 0.406 e. The van der Waals surface area contributed by atoms with Gasteiger partial charge >= 0.3 is 6.01 Å². The Morgan fingerprint density at radius 3 is 3.06 bits per heavy atom. The summed E-state index contributed by atoms with van der Waals surface area (Å²) >= 11 is 1.74. The molecular weight excluding hydrogens is 224 g/mol. The van der Waals surface area contributed by atoms with Crippen LogP contribution in [0.2, 0.25) is 0 Å².